The van der Waals surface area contributed by atoms with E-state index in [1.807, 2.05) is 6.08 Å². The average Bonchev–Trinajstić information content (AvgIpc) is 0.805. The predicted octanol–water partition coefficient (Wildman–Crippen LogP) is 8.73. The average molecular weight is 1370 g/mol. The highest BCUT2D eigenvalue weighted by molar-refractivity contribution is 7.47. The largest absolute Gasteiger partial charge is 0.472 e. The van der Waals surface area contributed by atoms with Crippen LogP contribution in [0.25, 0.3) is 0 Å². The van der Waals surface area contributed by atoms with E-state index in [2.05, 4.69) is 32.9 Å². The minimum absolute atomic E-state index is 0.00400. The van der Waals surface area contributed by atoms with Crippen molar-refractivity contribution < 1.29 is 117 Å². The van der Waals surface area contributed by atoms with Crippen molar-refractivity contribution in [3.8, 4) is 0 Å². The monoisotopic (exact) mass is 1370 g/mol. The Morgan fingerprint density at radius 2 is 0.819 bits per heavy atom. The number of allylic oxidation sites excluding steroid dienone is 5. The van der Waals surface area contributed by atoms with Gasteiger partial charge in [-0.25, -0.2) is 9.36 Å². The van der Waals surface area contributed by atoms with Gasteiger partial charge in [0.25, 0.3) is 0 Å². The van der Waals surface area contributed by atoms with Crippen LogP contribution in [0, 0.1) is 0 Å². The first kappa shape index (κ1) is 85.4. The van der Waals surface area contributed by atoms with Gasteiger partial charge in [-0.05, 0) is 51.4 Å². The molecule has 2 heterocycles. The van der Waals surface area contributed by atoms with Crippen LogP contribution in [-0.4, -0.2) is 204 Å². The number of aliphatic hydroxyl groups excluding tert-OH is 10. The normalized spacial score (nSPS) is 28.5. The van der Waals surface area contributed by atoms with Crippen LogP contribution in [0.4, 0.5) is 0 Å². The molecule has 0 aromatic carbocycles. The van der Waals surface area contributed by atoms with Crippen molar-refractivity contribution in [2.24, 2.45) is 0 Å². The van der Waals surface area contributed by atoms with E-state index in [-0.39, 0.29) is 12.8 Å². The molecule has 3 fully saturated rings. The molecule has 1 saturated carbocycles. The van der Waals surface area contributed by atoms with Crippen molar-refractivity contribution >= 4 is 25.7 Å². The molecule has 2 saturated heterocycles. The number of phosphoric acid groups is 1. The SMILES string of the molecule is CCCCCCCC/C=C\CCCCCC(=O)OCC1OC(OC2C(O)C(O)C(O)C(OC3OC(CO)C(O)C(O)C3O)C2OP(=O)(O)OCC(COC(=O)CCCCCCCCCCCCC)OC(=O)/C=C/C=C/CCCCCCCCCCCCC)C(O)C(O)C1O. The maximum absolute atomic E-state index is 14.3. The van der Waals surface area contributed by atoms with E-state index in [4.69, 9.17) is 42.2 Å². The lowest BCUT2D eigenvalue weighted by Crippen LogP contribution is -2.69. The lowest BCUT2D eigenvalue weighted by atomic mass is 9.84. The van der Waals surface area contributed by atoms with Crippen LogP contribution in [0.15, 0.2) is 36.5 Å². The van der Waals surface area contributed by atoms with Crippen molar-refractivity contribution in [1.29, 1.82) is 0 Å². The summed E-state index contributed by atoms with van der Waals surface area (Å²) in [5.41, 5.74) is 0. The van der Waals surface area contributed by atoms with Gasteiger partial charge in [0.1, 0.15) is 98.7 Å². The number of hydrogen-bond acceptors (Lipinski definition) is 23. The highest BCUT2D eigenvalue weighted by Crippen LogP contribution is 2.49. The summed E-state index contributed by atoms with van der Waals surface area (Å²) in [5, 5.41) is 110. The van der Waals surface area contributed by atoms with Gasteiger partial charge in [0.05, 0.1) is 13.2 Å². The summed E-state index contributed by atoms with van der Waals surface area (Å²) in [6.45, 7) is 3.28. The minimum atomic E-state index is -5.72. The number of rotatable bonds is 54. The third kappa shape index (κ3) is 34.8. The molecule has 24 nitrogen and oxygen atoms in total. The lowest BCUT2D eigenvalue weighted by Gasteiger charge is -2.49. The number of carbonyl (C=O) groups excluding carboxylic acids is 3. The molecular weight excluding hydrogens is 1240 g/mol. The fraction of sp³-hybridized carbons (Fsp3) is 0.870. The van der Waals surface area contributed by atoms with E-state index in [1.54, 1.807) is 6.08 Å². The van der Waals surface area contributed by atoms with Crippen molar-refractivity contribution in [3.05, 3.63) is 36.5 Å². The van der Waals surface area contributed by atoms with Crippen LogP contribution in [0.1, 0.15) is 252 Å². The molecule has 0 aromatic rings. The second kappa shape index (κ2) is 51.4. The van der Waals surface area contributed by atoms with Crippen LogP contribution in [0.2, 0.25) is 0 Å². The quantitative estimate of drug-likeness (QED) is 0.00515. The van der Waals surface area contributed by atoms with Crippen molar-refractivity contribution in [2.45, 2.75) is 356 Å². The molecular formula is C69H123O24P. The fourth-order valence-corrected chi connectivity index (χ4v) is 12.6. The molecule has 94 heavy (non-hydrogen) atoms. The van der Waals surface area contributed by atoms with Crippen molar-refractivity contribution in [2.75, 3.05) is 26.4 Å². The molecule has 3 aliphatic rings. The summed E-state index contributed by atoms with van der Waals surface area (Å²) in [5.74, 6) is -2.27. The summed E-state index contributed by atoms with van der Waals surface area (Å²) >= 11 is 0. The molecule has 18 unspecified atom stereocenters. The molecule has 2 aliphatic heterocycles. The van der Waals surface area contributed by atoms with E-state index >= 15 is 0 Å². The molecule has 1 aliphatic carbocycles. The zero-order valence-corrected chi connectivity index (χ0v) is 57.6. The number of phosphoric ester groups is 1. The lowest BCUT2D eigenvalue weighted by molar-refractivity contribution is -0.360. The summed E-state index contributed by atoms with van der Waals surface area (Å²) in [4.78, 5) is 50.7. The Labute approximate surface area is 559 Å². The third-order valence-corrected chi connectivity index (χ3v) is 18.5. The second-order valence-electron chi connectivity index (χ2n) is 25.7. The molecule has 3 rings (SSSR count). The molecule has 0 radical (unpaired) electrons. The standard InChI is InChI=1S/C69H123O24P/c1-4-7-10-13-16-19-22-24-25-27-30-33-36-39-42-45-55(73)88-50(47-85-53(71)43-40-37-34-31-28-21-18-15-12-9-6-3)48-87-94(83,84)93-67-65(91-68-63(81)58(76)56(74)51(46-70)89-68)61(79)60(78)62(80)66(67)92-69-64(82)59(77)57(75)52(90-69)49-86-54(72)44-41-38-35-32-29-26-23-20-17-14-11-8-5-2/h26,29,36,39,42,45,50-52,56-70,74-82H,4-25,27-28,30-35,37-38,40-41,43-44,46-49H2,1-3H3,(H,83,84)/b29-26-,39-36+,45-42+. The molecule has 18 atom stereocenters. The van der Waals surface area contributed by atoms with Crippen molar-refractivity contribution in [1.82, 2.24) is 0 Å². The molecule has 11 N–H and O–H groups in total. The van der Waals surface area contributed by atoms with E-state index in [1.165, 1.54) is 122 Å². The molecule has 0 amide bonds. The molecule has 0 bridgehead atoms. The van der Waals surface area contributed by atoms with Crippen LogP contribution in [0.5, 0.6) is 0 Å². The Hall–Kier alpha value is -2.82. The Balaban J connectivity index is 1.78. The summed E-state index contributed by atoms with van der Waals surface area (Å²) in [6, 6.07) is 0. The fourth-order valence-electron chi connectivity index (χ4n) is 11.6. The summed E-state index contributed by atoms with van der Waals surface area (Å²) < 4.78 is 64.6. The first-order chi connectivity index (χ1) is 45.3. The van der Waals surface area contributed by atoms with Gasteiger partial charge >= 0.3 is 25.7 Å². The Morgan fingerprint density at radius 1 is 0.436 bits per heavy atom. The number of esters is 3. The molecule has 0 spiro atoms. The first-order valence-corrected chi connectivity index (χ1v) is 37.3. The van der Waals surface area contributed by atoms with Gasteiger partial charge in [-0.2, -0.15) is 0 Å². The summed E-state index contributed by atoms with van der Waals surface area (Å²) in [7, 11) is -5.72. The van der Waals surface area contributed by atoms with E-state index in [0.29, 0.717) is 12.8 Å². The number of aliphatic hydroxyl groups is 10. The van der Waals surface area contributed by atoms with Gasteiger partial charge in [0.15, 0.2) is 18.7 Å². The van der Waals surface area contributed by atoms with Gasteiger partial charge in [-0.15, -0.1) is 0 Å². The topological polar surface area (TPSA) is 374 Å². The van der Waals surface area contributed by atoms with Crippen LogP contribution >= 0.6 is 7.82 Å². The summed E-state index contributed by atoms with van der Waals surface area (Å²) in [6.07, 6.45) is 11.7. The van der Waals surface area contributed by atoms with Crippen molar-refractivity contribution in [3.63, 3.8) is 0 Å². The first-order valence-electron chi connectivity index (χ1n) is 35.8. The smallest absolute Gasteiger partial charge is 0.463 e. The third-order valence-electron chi connectivity index (χ3n) is 17.5. The number of carbonyl (C=O) groups is 3. The zero-order valence-electron chi connectivity index (χ0n) is 56.7. The predicted molar refractivity (Wildman–Crippen MR) is 351 cm³/mol. The van der Waals surface area contributed by atoms with Crippen LogP contribution in [0.3, 0.4) is 0 Å². The van der Waals surface area contributed by atoms with Gasteiger partial charge in [-0.1, -0.05) is 218 Å². The van der Waals surface area contributed by atoms with Gasteiger partial charge < -0.3 is 89.1 Å². The number of unbranched alkanes of at least 4 members (excludes halogenated alkanes) is 30. The van der Waals surface area contributed by atoms with E-state index in [0.717, 1.165) is 96.0 Å². The highest BCUT2D eigenvalue weighted by atomic mass is 31.2. The number of ether oxygens (including phenoxy) is 7. The van der Waals surface area contributed by atoms with Crippen LogP contribution < -0.4 is 0 Å². The van der Waals surface area contributed by atoms with E-state index in [9.17, 15) is 74.9 Å². The molecule has 25 heteroatoms. The molecule has 0 aromatic heterocycles. The van der Waals surface area contributed by atoms with Gasteiger partial charge in [0.2, 0.25) is 0 Å². The molecule has 548 valence electrons. The van der Waals surface area contributed by atoms with Gasteiger partial charge in [-0.3, -0.25) is 18.6 Å². The highest BCUT2D eigenvalue weighted by Gasteiger charge is 2.58. The van der Waals surface area contributed by atoms with E-state index < -0.39 is 156 Å². The maximum Gasteiger partial charge on any atom is 0.472 e. The maximum atomic E-state index is 14.3. The Bertz CT molecular complexity index is 2100. The minimum Gasteiger partial charge on any atom is -0.463 e. The van der Waals surface area contributed by atoms with Gasteiger partial charge in [0, 0.05) is 18.9 Å². The Kier molecular flexibility index (Phi) is 46.7. The van der Waals surface area contributed by atoms with Crippen LogP contribution in [-0.2, 0) is 61.2 Å². The zero-order chi connectivity index (χ0) is 68.9. The Morgan fingerprint density at radius 3 is 1.28 bits per heavy atom. The number of hydrogen-bond donors (Lipinski definition) is 11. The second-order valence-corrected chi connectivity index (χ2v) is 27.1.